The molecule has 12 heteroatoms. The Kier molecular flexibility index (Phi) is 8.97. The van der Waals surface area contributed by atoms with E-state index < -0.39 is 22.9 Å². The number of esters is 1. The number of cyclic esters (lactones) is 1. The lowest BCUT2D eigenvalue weighted by molar-refractivity contribution is -0.157. The number of hydrogen-bond donors (Lipinski definition) is 2. The molecule has 5 heterocycles. The number of aryl methyl sites for hydroxylation is 1. The lowest BCUT2D eigenvalue weighted by Gasteiger charge is -2.47. The van der Waals surface area contributed by atoms with Gasteiger partial charge in [0, 0.05) is 65.1 Å². The average Bonchev–Trinajstić information content (AvgIpc) is 4.03. The van der Waals surface area contributed by atoms with Crippen LogP contribution in [0.4, 0.5) is 0 Å². The normalized spacial score (nSPS) is 28.5. The summed E-state index contributed by atoms with van der Waals surface area (Å²) in [6, 6.07) is 9.27. The van der Waals surface area contributed by atoms with Crippen molar-refractivity contribution in [3.63, 3.8) is 0 Å². The van der Waals surface area contributed by atoms with Crippen molar-refractivity contribution in [3.8, 4) is 22.5 Å². The lowest BCUT2D eigenvalue weighted by Crippen LogP contribution is -2.66. The zero-order valence-electron chi connectivity index (χ0n) is 32.7. The van der Waals surface area contributed by atoms with Crippen molar-refractivity contribution in [2.24, 2.45) is 29.1 Å². The number of benzene rings is 1. The second kappa shape index (κ2) is 13.5. The minimum atomic E-state index is -0.795. The van der Waals surface area contributed by atoms with Crippen LogP contribution in [-0.2, 0) is 42.2 Å². The Bertz CT molecular complexity index is 2190. The Labute approximate surface area is 326 Å². The molecule has 2 amide bonds. The largest absolute Gasteiger partial charge is 0.464 e. The molecule has 3 saturated carbocycles. The molecule has 2 aliphatic heterocycles. The second-order valence-corrected chi connectivity index (χ2v) is 18.4. The van der Waals surface area contributed by atoms with Crippen LogP contribution in [0.25, 0.3) is 33.4 Å². The highest BCUT2D eigenvalue weighted by Gasteiger charge is 2.58. The summed E-state index contributed by atoms with van der Waals surface area (Å²) in [5.41, 5.74) is 9.36. The average molecular weight is 765 g/mol. The fraction of sp³-hybridized carbons (Fsp3) is 0.558. The van der Waals surface area contributed by atoms with E-state index in [1.54, 1.807) is 23.5 Å². The number of ether oxygens (including phenoxy) is 2. The number of carbonyl (C=O) groups is 3. The summed E-state index contributed by atoms with van der Waals surface area (Å²) in [6.45, 7) is 12.0. The molecule has 290 valence electrons. The van der Waals surface area contributed by atoms with Crippen LogP contribution in [0, 0.1) is 29.1 Å². The first-order chi connectivity index (χ1) is 26.4. The summed E-state index contributed by atoms with van der Waals surface area (Å²) < 4.78 is 14.4. The number of hydrogen-bond acceptors (Lipinski definition) is 9. The van der Waals surface area contributed by atoms with E-state index in [4.69, 9.17) is 19.4 Å². The van der Waals surface area contributed by atoms with Crippen LogP contribution < -0.4 is 10.7 Å². The molecule has 9 rings (SSSR count). The number of aromatic nitrogens is 3. The number of pyridine rings is 1. The molecule has 6 bridgehead atoms. The van der Waals surface area contributed by atoms with Crippen molar-refractivity contribution < 1.29 is 23.9 Å². The molecule has 1 saturated heterocycles. The number of nitrogens with zero attached hydrogens (tertiary/aromatic N) is 4. The van der Waals surface area contributed by atoms with Gasteiger partial charge >= 0.3 is 5.97 Å². The molecule has 0 radical (unpaired) electrons. The summed E-state index contributed by atoms with van der Waals surface area (Å²) in [6.07, 6.45) is 6.36. The Balaban J connectivity index is 1.21. The Hall–Kier alpha value is -4.13. The van der Waals surface area contributed by atoms with Gasteiger partial charge in [-0.1, -0.05) is 33.3 Å². The standard InChI is InChI=1S/C43H52N6O5S/c1-7-48-33-12-11-25-17-30(33)31(36(48)27-10-8-15-44-34(27)24(3)53-6)19-42(4,5)22-54-40(52)35-29-18-26(29)20-49(47-35)39(51)37(46-38(50)28-16-23(28)2)43(13-9-14-43)41-45-32(25)21-55-41/h8,10-12,15,17,21,23-24,26,28-29,35,37,47H,7,9,13-14,16,18-20,22H2,1-6H3,(H,46,50). The lowest BCUT2D eigenvalue weighted by atomic mass is 9.63. The minimum absolute atomic E-state index is 0.0681. The van der Waals surface area contributed by atoms with Gasteiger partial charge in [-0.15, -0.1) is 11.3 Å². The molecule has 1 spiro atoms. The maximum atomic E-state index is 14.8. The Morgan fingerprint density at radius 3 is 2.71 bits per heavy atom. The Morgan fingerprint density at radius 2 is 2.00 bits per heavy atom. The van der Waals surface area contributed by atoms with Crippen LogP contribution in [-0.4, -0.2) is 69.7 Å². The maximum Gasteiger partial charge on any atom is 0.325 e. The van der Waals surface area contributed by atoms with E-state index >= 15 is 0 Å². The summed E-state index contributed by atoms with van der Waals surface area (Å²) in [7, 11) is 1.71. The maximum absolute atomic E-state index is 14.8. The summed E-state index contributed by atoms with van der Waals surface area (Å²) in [5, 5.41) is 8.97. The topological polar surface area (TPSA) is 128 Å². The van der Waals surface area contributed by atoms with Crippen LogP contribution in [0.1, 0.15) is 89.1 Å². The molecule has 5 aliphatic rings. The number of carbonyl (C=O) groups excluding carboxylic acids is 3. The fourth-order valence-electron chi connectivity index (χ4n) is 9.51. The van der Waals surface area contributed by atoms with Crippen molar-refractivity contribution >= 4 is 40.0 Å². The number of amides is 2. The van der Waals surface area contributed by atoms with Gasteiger partial charge in [0.2, 0.25) is 5.91 Å². The van der Waals surface area contributed by atoms with Crippen LogP contribution in [0.2, 0.25) is 0 Å². The molecule has 3 aromatic heterocycles. The van der Waals surface area contributed by atoms with E-state index in [-0.39, 0.29) is 48.2 Å². The minimum Gasteiger partial charge on any atom is -0.464 e. The molecule has 7 unspecified atom stereocenters. The third-order valence-corrected chi connectivity index (χ3v) is 14.3. The predicted molar refractivity (Wildman–Crippen MR) is 211 cm³/mol. The molecule has 3 aliphatic carbocycles. The first-order valence-corrected chi connectivity index (χ1v) is 20.9. The van der Waals surface area contributed by atoms with E-state index in [9.17, 15) is 14.4 Å². The number of nitrogens with one attached hydrogen (secondary N) is 2. The van der Waals surface area contributed by atoms with E-state index in [0.717, 1.165) is 88.3 Å². The van der Waals surface area contributed by atoms with E-state index in [2.05, 4.69) is 72.7 Å². The van der Waals surface area contributed by atoms with Gasteiger partial charge in [0.05, 0.1) is 35.2 Å². The van der Waals surface area contributed by atoms with Crippen LogP contribution in [0.5, 0.6) is 0 Å². The molecule has 1 aromatic carbocycles. The summed E-state index contributed by atoms with van der Waals surface area (Å²) in [4.78, 5) is 52.6. The number of hydrazine groups is 1. The Morgan fingerprint density at radius 1 is 1.20 bits per heavy atom. The molecular formula is C43H52N6O5S. The quantitative estimate of drug-likeness (QED) is 0.211. The van der Waals surface area contributed by atoms with Crippen molar-refractivity contribution in [1.29, 1.82) is 0 Å². The van der Waals surface area contributed by atoms with E-state index in [1.807, 2.05) is 19.2 Å². The van der Waals surface area contributed by atoms with Crippen LogP contribution >= 0.6 is 11.3 Å². The number of thiazole rings is 1. The fourth-order valence-corrected chi connectivity index (χ4v) is 10.6. The van der Waals surface area contributed by atoms with Gasteiger partial charge < -0.3 is 19.4 Å². The van der Waals surface area contributed by atoms with Gasteiger partial charge in [-0.2, -0.15) is 0 Å². The smallest absolute Gasteiger partial charge is 0.325 e. The van der Waals surface area contributed by atoms with Gasteiger partial charge in [-0.05, 0) is 93.5 Å². The number of rotatable bonds is 6. The highest BCUT2D eigenvalue weighted by Crippen LogP contribution is 2.51. The zero-order valence-corrected chi connectivity index (χ0v) is 33.5. The third kappa shape index (κ3) is 6.19. The molecule has 2 N–H and O–H groups in total. The van der Waals surface area contributed by atoms with Crippen LogP contribution in [0.15, 0.2) is 41.9 Å². The number of fused-ring (bicyclic) bond motifs is 9. The first kappa shape index (κ1) is 36.5. The van der Waals surface area contributed by atoms with Crippen molar-refractivity contribution in [2.45, 2.75) is 103 Å². The van der Waals surface area contributed by atoms with Crippen molar-refractivity contribution in [1.82, 2.24) is 30.3 Å². The molecule has 4 fully saturated rings. The number of methoxy groups -OCH3 is 1. The molecule has 7 atom stereocenters. The first-order valence-electron chi connectivity index (χ1n) is 20.1. The van der Waals surface area contributed by atoms with Crippen molar-refractivity contribution in [2.75, 3.05) is 20.3 Å². The zero-order chi connectivity index (χ0) is 38.4. The van der Waals surface area contributed by atoms with Gasteiger partial charge in [-0.3, -0.25) is 24.4 Å². The third-order valence-electron chi connectivity index (χ3n) is 13.2. The monoisotopic (exact) mass is 764 g/mol. The molecule has 4 aromatic rings. The van der Waals surface area contributed by atoms with E-state index in [1.165, 1.54) is 0 Å². The SMILES string of the molecule is CCn1c(-c2cccnc2C(C)OC)c2c3cc(ccc31)-c1csc(n1)C1(CCC1)C(NC(=O)C1CC1C)C(=O)N1CC3CC3C(N1)C(=O)OCC(C)(C)C2. The second-order valence-electron chi connectivity index (χ2n) is 17.6. The van der Waals surface area contributed by atoms with Crippen LogP contribution in [0.3, 0.4) is 0 Å². The summed E-state index contributed by atoms with van der Waals surface area (Å²) >= 11 is 1.58. The van der Waals surface area contributed by atoms with Crippen molar-refractivity contribution in [3.05, 3.63) is 58.2 Å². The molecular weight excluding hydrogens is 713 g/mol. The highest BCUT2D eigenvalue weighted by atomic mass is 32.1. The van der Waals surface area contributed by atoms with Gasteiger partial charge in [-0.25, -0.2) is 10.4 Å². The highest BCUT2D eigenvalue weighted by molar-refractivity contribution is 7.10. The van der Waals surface area contributed by atoms with Gasteiger partial charge in [0.25, 0.3) is 5.91 Å². The molecule has 55 heavy (non-hydrogen) atoms. The van der Waals surface area contributed by atoms with Gasteiger partial charge in [0.15, 0.2) is 0 Å². The van der Waals surface area contributed by atoms with E-state index in [0.29, 0.717) is 18.9 Å². The molecule has 11 nitrogen and oxygen atoms in total. The summed E-state index contributed by atoms with van der Waals surface area (Å²) in [5.74, 6) is -0.0535. The van der Waals surface area contributed by atoms with Gasteiger partial charge in [0.1, 0.15) is 17.1 Å². The predicted octanol–water partition coefficient (Wildman–Crippen LogP) is 6.59.